The Morgan fingerprint density at radius 3 is 2.93 bits per heavy atom. The Balaban J connectivity index is 2.93. The molecule has 1 N–H and O–H groups in total. The molecule has 0 atom stereocenters. The molecule has 0 radical (unpaired) electrons. The van der Waals surface area contributed by atoms with Gasteiger partial charge < -0.3 is 10.1 Å². The average molecular weight is 202 g/mol. The third-order valence-corrected chi connectivity index (χ3v) is 1.98. The second kappa shape index (κ2) is 5.84. The molecule has 1 aromatic rings. The largest absolute Gasteiger partial charge is 0.496 e. The van der Waals surface area contributed by atoms with Crippen LogP contribution in [0.4, 0.5) is 0 Å². The van der Waals surface area contributed by atoms with Gasteiger partial charge in [0.05, 0.1) is 18.7 Å². The highest BCUT2D eigenvalue weighted by Crippen LogP contribution is 2.20. The lowest BCUT2D eigenvalue weighted by Crippen LogP contribution is -2.03. The van der Waals surface area contributed by atoms with Crippen molar-refractivity contribution >= 4 is 6.08 Å². The molecule has 0 bridgehead atoms. The van der Waals surface area contributed by atoms with Crippen LogP contribution < -0.4 is 10.1 Å². The second-order valence-corrected chi connectivity index (χ2v) is 3.03. The minimum Gasteiger partial charge on any atom is -0.496 e. The summed E-state index contributed by atoms with van der Waals surface area (Å²) in [6, 6.07) is 7.47. The molecule has 1 rings (SSSR count). The molecule has 0 saturated carbocycles. The zero-order valence-corrected chi connectivity index (χ0v) is 8.95. The lowest BCUT2D eigenvalue weighted by atomic mass is 10.1. The van der Waals surface area contributed by atoms with Crippen LogP contribution in [0.1, 0.15) is 11.1 Å². The second-order valence-electron chi connectivity index (χ2n) is 3.03. The lowest BCUT2D eigenvalue weighted by Gasteiger charge is -2.04. The van der Waals surface area contributed by atoms with Crippen molar-refractivity contribution in [2.45, 2.75) is 0 Å². The first-order chi connectivity index (χ1) is 7.31. The first kappa shape index (κ1) is 11.3. The summed E-state index contributed by atoms with van der Waals surface area (Å²) < 4.78 is 5.20. The molecule has 0 saturated heterocycles. The third-order valence-electron chi connectivity index (χ3n) is 1.98. The Kier molecular flexibility index (Phi) is 4.39. The summed E-state index contributed by atoms with van der Waals surface area (Å²) in [5.41, 5.74) is 1.59. The van der Waals surface area contributed by atoms with Gasteiger partial charge in [-0.1, -0.05) is 12.2 Å². The Labute approximate surface area is 90.0 Å². The van der Waals surface area contributed by atoms with Gasteiger partial charge >= 0.3 is 0 Å². The summed E-state index contributed by atoms with van der Waals surface area (Å²) in [5, 5.41) is 11.7. The third kappa shape index (κ3) is 3.12. The summed E-state index contributed by atoms with van der Waals surface area (Å²) in [6.45, 7) is 0.809. The van der Waals surface area contributed by atoms with Crippen molar-refractivity contribution in [2.24, 2.45) is 0 Å². The van der Waals surface area contributed by atoms with E-state index in [-0.39, 0.29) is 0 Å². The molecule has 0 aliphatic heterocycles. The van der Waals surface area contributed by atoms with Crippen LogP contribution in [0.2, 0.25) is 0 Å². The van der Waals surface area contributed by atoms with Gasteiger partial charge in [-0.3, -0.25) is 0 Å². The van der Waals surface area contributed by atoms with E-state index in [0.717, 1.165) is 17.9 Å². The molecular weight excluding hydrogens is 188 g/mol. The minimum atomic E-state index is 0.609. The van der Waals surface area contributed by atoms with Crippen molar-refractivity contribution < 1.29 is 4.74 Å². The topological polar surface area (TPSA) is 45.0 Å². The molecule has 0 aromatic heterocycles. The number of likely N-dealkylation sites (N-methyl/N-ethyl adjacent to an activating group) is 1. The fourth-order valence-electron chi connectivity index (χ4n) is 1.22. The van der Waals surface area contributed by atoms with Gasteiger partial charge in [0.25, 0.3) is 0 Å². The van der Waals surface area contributed by atoms with Crippen LogP contribution >= 0.6 is 0 Å². The predicted octanol–water partition coefficient (Wildman–Crippen LogP) is 1.80. The van der Waals surface area contributed by atoms with E-state index in [0.29, 0.717) is 5.56 Å². The minimum absolute atomic E-state index is 0.609. The van der Waals surface area contributed by atoms with Gasteiger partial charge in [-0.15, -0.1) is 0 Å². The van der Waals surface area contributed by atoms with E-state index in [1.807, 2.05) is 25.3 Å². The summed E-state index contributed by atoms with van der Waals surface area (Å²) in [6.07, 6.45) is 3.97. The van der Waals surface area contributed by atoms with E-state index in [4.69, 9.17) is 10.00 Å². The maximum atomic E-state index is 8.73. The maximum absolute atomic E-state index is 8.73. The number of rotatable bonds is 4. The first-order valence-corrected chi connectivity index (χ1v) is 4.71. The van der Waals surface area contributed by atoms with Gasteiger partial charge in [-0.25, -0.2) is 0 Å². The van der Waals surface area contributed by atoms with Crippen molar-refractivity contribution in [3.63, 3.8) is 0 Å². The lowest BCUT2D eigenvalue weighted by molar-refractivity contribution is 0.413. The van der Waals surface area contributed by atoms with Gasteiger partial charge in [-0.05, 0) is 25.2 Å². The highest BCUT2D eigenvalue weighted by molar-refractivity contribution is 5.59. The Morgan fingerprint density at radius 1 is 1.53 bits per heavy atom. The van der Waals surface area contributed by atoms with E-state index in [1.54, 1.807) is 19.2 Å². The highest BCUT2D eigenvalue weighted by atomic mass is 16.5. The summed E-state index contributed by atoms with van der Waals surface area (Å²) in [5.74, 6) is 0.724. The van der Waals surface area contributed by atoms with Crippen molar-refractivity contribution in [1.82, 2.24) is 5.32 Å². The smallest absolute Gasteiger partial charge is 0.127 e. The molecule has 15 heavy (non-hydrogen) atoms. The number of benzene rings is 1. The fraction of sp³-hybridized carbons (Fsp3) is 0.250. The summed E-state index contributed by atoms with van der Waals surface area (Å²) in [7, 11) is 3.49. The van der Waals surface area contributed by atoms with Gasteiger partial charge in [0.1, 0.15) is 5.75 Å². The number of nitriles is 1. The predicted molar refractivity (Wildman–Crippen MR) is 60.7 cm³/mol. The fourth-order valence-corrected chi connectivity index (χ4v) is 1.22. The molecule has 0 heterocycles. The van der Waals surface area contributed by atoms with Crippen LogP contribution in [0.15, 0.2) is 24.3 Å². The van der Waals surface area contributed by atoms with Gasteiger partial charge in [0.15, 0.2) is 0 Å². The number of hydrogen-bond acceptors (Lipinski definition) is 3. The molecule has 0 aliphatic carbocycles. The zero-order valence-electron chi connectivity index (χ0n) is 8.95. The standard InChI is InChI=1S/C12H14N2O/c1-14-7-3-4-11-6-5-10(9-13)8-12(11)15-2/h3-6,8,14H,7H2,1-2H3. The van der Waals surface area contributed by atoms with Crippen LogP contribution in [0.3, 0.4) is 0 Å². The molecule has 0 spiro atoms. The van der Waals surface area contributed by atoms with Crippen molar-refractivity contribution in [1.29, 1.82) is 5.26 Å². The number of nitrogens with one attached hydrogen (secondary N) is 1. The molecule has 3 heteroatoms. The van der Waals surface area contributed by atoms with Crippen LogP contribution in [0.25, 0.3) is 6.08 Å². The Bertz CT molecular complexity index is 391. The van der Waals surface area contributed by atoms with Gasteiger partial charge in [0.2, 0.25) is 0 Å². The van der Waals surface area contributed by atoms with Crippen LogP contribution in [-0.2, 0) is 0 Å². The molecule has 0 amide bonds. The Morgan fingerprint density at radius 2 is 2.33 bits per heavy atom. The van der Waals surface area contributed by atoms with Gasteiger partial charge in [-0.2, -0.15) is 5.26 Å². The van der Waals surface area contributed by atoms with Crippen LogP contribution in [0.5, 0.6) is 5.75 Å². The molecule has 0 aliphatic rings. The monoisotopic (exact) mass is 202 g/mol. The highest BCUT2D eigenvalue weighted by Gasteiger charge is 2.00. The molecule has 1 aromatic carbocycles. The normalized spacial score (nSPS) is 10.2. The average Bonchev–Trinajstić information content (AvgIpc) is 2.29. The maximum Gasteiger partial charge on any atom is 0.127 e. The van der Waals surface area contributed by atoms with Gasteiger partial charge in [0, 0.05) is 12.1 Å². The zero-order chi connectivity index (χ0) is 11.1. The summed E-state index contributed by atoms with van der Waals surface area (Å²) >= 11 is 0. The van der Waals surface area contributed by atoms with Crippen LogP contribution in [-0.4, -0.2) is 20.7 Å². The quantitative estimate of drug-likeness (QED) is 0.809. The first-order valence-electron chi connectivity index (χ1n) is 4.71. The number of ether oxygens (including phenoxy) is 1. The molecular formula is C12H14N2O. The van der Waals surface area contributed by atoms with E-state index in [1.165, 1.54) is 0 Å². The van der Waals surface area contributed by atoms with Crippen molar-refractivity contribution in [2.75, 3.05) is 20.7 Å². The molecule has 0 unspecified atom stereocenters. The summed E-state index contributed by atoms with van der Waals surface area (Å²) in [4.78, 5) is 0. The number of hydrogen-bond donors (Lipinski definition) is 1. The molecule has 78 valence electrons. The van der Waals surface area contributed by atoms with Crippen LogP contribution in [0, 0.1) is 11.3 Å². The van der Waals surface area contributed by atoms with E-state index < -0.39 is 0 Å². The SMILES string of the molecule is CNCC=Cc1ccc(C#N)cc1OC. The van der Waals surface area contributed by atoms with Crippen molar-refractivity contribution in [3.05, 3.63) is 35.4 Å². The molecule has 3 nitrogen and oxygen atoms in total. The molecule has 0 fully saturated rings. The van der Waals surface area contributed by atoms with Crippen molar-refractivity contribution in [3.8, 4) is 11.8 Å². The number of nitrogens with zero attached hydrogens (tertiary/aromatic N) is 1. The van der Waals surface area contributed by atoms with E-state index in [2.05, 4.69) is 11.4 Å². The van der Waals surface area contributed by atoms with E-state index in [9.17, 15) is 0 Å². The Hall–Kier alpha value is -1.79. The number of methoxy groups -OCH3 is 1. The van der Waals surface area contributed by atoms with E-state index >= 15 is 0 Å².